The van der Waals surface area contributed by atoms with Crippen molar-refractivity contribution < 1.29 is 19.1 Å². The number of fused-ring (bicyclic) bond motifs is 1. The molecule has 1 heterocycles. The van der Waals surface area contributed by atoms with Gasteiger partial charge in [0.05, 0.1) is 12.7 Å². The van der Waals surface area contributed by atoms with Crippen molar-refractivity contribution in [3.63, 3.8) is 0 Å². The number of esters is 1. The second-order valence-corrected chi connectivity index (χ2v) is 10.4. The number of aromatic nitrogens is 1. The second-order valence-electron chi connectivity index (χ2n) is 10.4. The van der Waals surface area contributed by atoms with Crippen molar-refractivity contribution in [1.82, 2.24) is 4.98 Å². The summed E-state index contributed by atoms with van der Waals surface area (Å²) in [6.07, 6.45) is 2.89. The maximum atomic E-state index is 12.6. The highest BCUT2D eigenvalue weighted by Gasteiger charge is 2.21. The molecule has 0 aliphatic carbocycles. The highest BCUT2D eigenvalue weighted by molar-refractivity contribution is 6.24. The van der Waals surface area contributed by atoms with Gasteiger partial charge in [-0.15, -0.1) is 0 Å². The minimum absolute atomic E-state index is 0.0420. The number of anilines is 1. The maximum Gasteiger partial charge on any atom is 0.343 e. The summed E-state index contributed by atoms with van der Waals surface area (Å²) >= 11 is 0. The molecule has 0 saturated carbocycles. The third-order valence-electron chi connectivity index (χ3n) is 7.38. The van der Waals surface area contributed by atoms with Crippen LogP contribution in [0.2, 0.25) is 0 Å². The third kappa shape index (κ3) is 7.25. The van der Waals surface area contributed by atoms with Crippen LogP contribution in [0, 0.1) is 27.7 Å². The average Bonchev–Trinajstić information content (AvgIpc) is 3.04. The van der Waals surface area contributed by atoms with Crippen molar-refractivity contribution in [2.75, 3.05) is 12.4 Å². The van der Waals surface area contributed by atoms with Crippen molar-refractivity contribution in [3.05, 3.63) is 158 Å². The number of carbonyl (C=O) groups is 3. The molecule has 0 aliphatic rings. The highest BCUT2D eigenvalue weighted by Crippen LogP contribution is 2.17. The largest absolute Gasteiger partial charge is 0.465 e. The van der Waals surface area contributed by atoms with E-state index < -0.39 is 5.97 Å². The average molecular weight is 587 g/mol. The zero-order chi connectivity index (χ0) is 31.8. The molecule has 2 N–H and O–H groups in total. The Morgan fingerprint density at radius 2 is 1.32 bits per heavy atom. The summed E-state index contributed by atoms with van der Waals surface area (Å²) in [5, 5.41) is 3.49. The number of para-hydroxylation sites is 2. The molecule has 222 valence electrons. The zero-order valence-electron chi connectivity index (χ0n) is 25.4. The molecule has 0 spiro atoms. The quantitative estimate of drug-likeness (QED) is 0.0697. The van der Waals surface area contributed by atoms with Crippen LogP contribution in [0.4, 0.5) is 5.69 Å². The molecule has 5 rings (SSSR count). The first kappa shape index (κ1) is 31.4. The normalized spacial score (nSPS) is 10.9. The van der Waals surface area contributed by atoms with Gasteiger partial charge in [0, 0.05) is 40.1 Å². The highest BCUT2D eigenvalue weighted by atomic mass is 16.5. The molecule has 7 nitrogen and oxygen atoms in total. The van der Waals surface area contributed by atoms with Crippen LogP contribution in [0.1, 0.15) is 48.5 Å². The van der Waals surface area contributed by atoms with Crippen LogP contribution in [-0.4, -0.2) is 29.6 Å². The third-order valence-corrected chi connectivity index (χ3v) is 7.38. The van der Waals surface area contributed by atoms with Gasteiger partial charge in [-0.05, 0) is 86.3 Å². The number of carbonyl (C=O) groups excluding carboxylic acids is 3. The van der Waals surface area contributed by atoms with E-state index in [0.29, 0.717) is 16.5 Å². The number of hydrogen-bond donors (Lipinski definition) is 2. The Hall–Kier alpha value is -5.56. The maximum absolute atomic E-state index is 12.6. The van der Waals surface area contributed by atoms with Crippen LogP contribution in [0.5, 0.6) is 0 Å². The minimum Gasteiger partial charge on any atom is -0.465 e. The molecule has 5 aromatic rings. The number of rotatable bonds is 7. The van der Waals surface area contributed by atoms with Gasteiger partial charge in [0.25, 0.3) is 0 Å². The summed E-state index contributed by atoms with van der Waals surface area (Å²) in [4.78, 5) is 52.6. The molecule has 0 radical (unpaired) electrons. The molecule has 0 fully saturated rings. The standard InChI is InChI=1S/C19H19NO3.C18H15NO2/c1-13-9-10-15(11-14(13)2)18(21)17(19(22)23-3)12-20-16-7-5-4-6-8-16;1-11-7-8-13(9-12(11)2)17(20)15-10-19-16-6-4-3-5-14(16)18(15)21/h4-12,20H,1-3H3;3-10H,1-2H3,(H,19,21). The topological polar surface area (TPSA) is 105 Å². The molecule has 7 heteroatoms. The summed E-state index contributed by atoms with van der Waals surface area (Å²) in [6, 6.07) is 27.3. The van der Waals surface area contributed by atoms with Gasteiger partial charge in [0.15, 0.2) is 5.78 Å². The number of pyridine rings is 1. The monoisotopic (exact) mass is 586 g/mol. The van der Waals surface area contributed by atoms with Crippen LogP contribution in [0.3, 0.4) is 0 Å². The SMILES string of the molecule is COC(=O)C(=CNc1ccccc1)C(=O)c1ccc(C)c(C)c1.Cc1ccc(C(=O)c2c[nH]c3ccccc3c2=O)cc1C. The Morgan fingerprint density at radius 3 is 1.95 bits per heavy atom. The molecule has 44 heavy (non-hydrogen) atoms. The van der Waals surface area contributed by atoms with Gasteiger partial charge in [0.1, 0.15) is 5.57 Å². The van der Waals surface area contributed by atoms with E-state index in [-0.39, 0.29) is 28.1 Å². The molecule has 1 aromatic heterocycles. The first-order chi connectivity index (χ1) is 21.1. The van der Waals surface area contributed by atoms with Crippen LogP contribution >= 0.6 is 0 Å². The number of ketones is 2. The number of hydrogen-bond acceptors (Lipinski definition) is 6. The molecule has 0 unspecified atom stereocenters. The summed E-state index contributed by atoms with van der Waals surface area (Å²) in [6.45, 7) is 7.84. The second kappa shape index (κ2) is 14.1. The predicted octanol–water partition coefficient (Wildman–Crippen LogP) is 7.03. The van der Waals surface area contributed by atoms with Crippen molar-refractivity contribution in [1.29, 1.82) is 0 Å². The summed E-state index contributed by atoms with van der Waals surface area (Å²) < 4.78 is 4.73. The lowest BCUT2D eigenvalue weighted by Crippen LogP contribution is -2.16. The predicted molar refractivity (Wildman–Crippen MR) is 174 cm³/mol. The van der Waals surface area contributed by atoms with Crippen LogP contribution in [-0.2, 0) is 9.53 Å². The van der Waals surface area contributed by atoms with E-state index in [1.165, 1.54) is 19.5 Å². The number of Topliss-reactive ketones (excluding diaryl/α,β-unsaturated/α-hetero) is 1. The fourth-order valence-corrected chi connectivity index (χ4v) is 4.43. The molecule has 0 atom stereocenters. The first-order valence-electron chi connectivity index (χ1n) is 14.0. The van der Waals surface area contributed by atoms with Crippen LogP contribution in [0.25, 0.3) is 10.9 Å². The molecule has 0 amide bonds. The molecular weight excluding hydrogens is 552 g/mol. The van der Waals surface area contributed by atoms with E-state index in [1.54, 1.807) is 30.3 Å². The number of H-pyrrole nitrogens is 1. The summed E-state index contributed by atoms with van der Waals surface area (Å²) in [7, 11) is 1.26. The number of nitrogens with one attached hydrogen (secondary N) is 2. The van der Waals surface area contributed by atoms with E-state index in [1.807, 2.05) is 88.4 Å². The van der Waals surface area contributed by atoms with Gasteiger partial charge in [-0.3, -0.25) is 14.4 Å². The number of aryl methyl sites for hydroxylation is 4. The fourth-order valence-electron chi connectivity index (χ4n) is 4.43. The Labute approximate surface area is 256 Å². The van der Waals surface area contributed by atoms with E-state index in [0.717, 1.165) is 33.5 Å². The molecule has 0 saturated heterocycles. The zero-order valence-corrected chi connectivity index (χ0v) is 25.4. The smallest absolute Gasteiger partial charge is 0.343 e. The lowest BCUT2D eigenvalue weighted by atomic mass is 9.99. The molecule has 0 bridgehead atoms. The number of benzene rings is 4. The van der Waals surface area contributed by atoms with Gasteiger partial charge in [-0.25, -0.2) is 4.79 Å². The Bertz CT molecular complexity index is 1940. The van der Waals surface area contributed by atoms with Crippen molar-refractivity contribution in [2.24, 2.45) is 0 Å². The van der Waals surface area contributed by atoms with E-state index in [4.69, 9.17) is 4.74 Å². The summed E-state index contributed by atoms with van der Waals surface area (Å²) in [5.74, 6) is -1.29. The summed E-state index contributed by atoms with van der Waals surface area (Å²) in [5.41, 5.74) is 6.67. The van der Waals surface area contributed by atoms with E-state index in [9.17, 15) is 19.2 Å². The van der Waals surface area contributed by atoms with Crippen molar-refractivity contribution in [2.45, 2.75) is 27.7 Å². The minimum atomic E-state index is -0.670. The molecule has 0 aliphatic heterocycles. The Balaban J connectivity index is 0.000000201. The van der Waals surface area contributed by atoms with Crippen molar-refractivity contribution >= 4 is 34.1 Å². The fraction of sp³-hybridized carbons (Fsp3) is 0.135. The lowest BCUT2D eigenvalue weighted by Gasteiger charge is -2.08. The van der Waals surface area contributed by atoms with Gasteiger partial charge < -0.3 is 15.0 Å². The number of ether oxygens (including phenoxy) is 1. The number of methoxy groups -OCH3 is 1. The molecular formula is C37H34N2O5. The van der Waals surface area contributed by atoms with Crippen LogP contribution < -0.4 is 10.7 Å². The van der Waals surface area contributed by atoms with E-state index in [2.05, 4.69) is 10.3 Å². The van der Waals surface area contributed by atoms with Gasteiger partial charge in [-0.2, -0.15) is 0 Å². The lowest BCUT2D eigenvalue weighted by molar-refractivity contribution is -0.135. The van der Waals surface area contributed by atoms with Crippen molar-refractivity contribution in [3.8, 4) is 0 Å². The Kier molecular flexibility index (Phi) is 10.0. The van der Waals surface area contributed by atoms with E-state index >= 15 is 0 Å². The van der Waals surface area contributed by atoms with Gasteiger partial charge >= 0.3 is 5.97 Å². The Morgan fingerprint density at radius 1 is 0.727 bits per heavy atom. The van der Waals surface area contributed by atoms with Crippen LogP contribution in [0.15, 0.2) is 114 Å². The van der Waals surface area contributed by atoms with Gasteiger partial charge in [-0.1, -0.05) is 54.6 Å². The molecule has 4 aromatic carbocycles. The number of aromatic amines is 1. The first-order valence-corrected chi connectivity index (χ1v) is 14.0. The van der Waals surface area contributed by atoms with Gasteiger partial charge in [0.2, 0.25) is 11.2 Å².